The molecule has 1 aromatic heterocycles. The summed E-state index contributed by atoms with van der Waals surface area (Å²) in [6, 6.07) is 17.1. The SMILES string of the molecule is COc1ccc(CCN(CCC(=O)Nc2nnc(-c3cccc(C)c3)s2)C(=O)c2ccc(Cl)c([N+](=O)[O-])c2)cc1OC. The zero-order chi connectivity index (χ0) is 30.2. The van der Waals surface area contributed by atoms with Crippen molar-refractivity contribution in [1.82, 2.24) is 15.1 Å². The zero-order valence-corrected chi connectivity index (χ0v) is 24.7. The Labute approximate surface area is 251 Å². The van der Waals surface area contributed by atoms with Crippen LogP contribution in [0, 0.1) is 17.0 Å². The first kappa shape index (κ1) is 30.4. The van der Waals surface area contributed by atoms with Crippen LogP contribution in [-0.2, 0) is 11.2 Å². The van der Waals surface area contributed by atoms with Crippen molar-refractivity contribution >= 4 is 45.6 Å². The predicted molar refractivity (Wildman–Crippen MR) is 161 cm³/mol. The third-order valence-corrected chi connectivity index (χ3v) is 7.55. The predicted octanol–water partition coefficient (Wildman–Crippen LogP) is 5.81. The van der Waals surface area contributed by atoms with Gasteiger partial charge >= 0.3 is 0 Å². The molecule has 0 bridgehead atoms. The van der Waals surface area contributed by atoms with E-state index in [0.717, 1.165) is 22.8 Å². The smallest absolute Gasteiger partial charge is 0.288 e. The van der Waals surface area contributed by atoms with Gasteiger partial charge in [-0.25, -0.2) is 0 Å². The number of halogens is 1. The van der Waals surface area contributed by atoms with Crippen LogP contribution in [-0.4, -0.2) is 59.1 Å². The number of hydrogen-bond acceptors (Lipinski definition) is 9. The minimum atomic E-state index is -0.645. The lowest BCUT2D eigenvalue weighted by Crippen LogP contribution is -2.35. The Hall–Kier alpha value is -4.55. The number of amides is 2. The highest BCUT2D eigenvalue weighted by atomic mass is 35.5. The quantitative estimate of drug-likeness (QED) is 0.157. The van der Waals surface area contributed by atoms with Crippen LogP contribution in [0.15, 0.2) is 60.7 Å². The van der Waals surface area contributed by atoms with E-state index in [1.807, 2.05) is 43.3 Å². The number of benzene rings is 3. The van der Waals surface area contributed by atoms with Gasteiger partial charge in [-0.2, -0.15) is 0 Å². The molecule has 0 atom stereocenters. The Morgan fingerprint density at radius 2 is 1.81 bits per heavy atom. The molecule has 0 saturated carbocycles. The first-order valence-electron chi connectivity index (χ1n) is 12.8. The van der Waals surface area contributed by atoms with Crippen LogP contribution in [0.25, 0.3) is 10.6 Å². The number of rotatable bonds is 12. The van der Waals surface area contributed by atoms with Crippen LogP contribution in [0.5, 0.6) is 11.5 Å². The van der Waals surface area contributed by atoms with Gasteiger partial charge in [0, 0.05) is 36.7 Å². The molecule has 0 aliphatic carbocycles. The fraction of sp³-hybridized carbons (Fsp3) is 0.241. The Morgan fingerprint density at radius 3 is 2.52 bits per heavy atom. The van der Waals surface area contributed by atoms with E-state index in [9.17, 15) is 19.7 Å². The van der Waals surface area contributed by atoms with Crippen LogP contribution in [0.2, 0.25) is 5.02 Å². The van der Waals surface area contributed by atoms with Gasteiger partial charge in [0.1, 0.15) is 10.0 Å². The molecule has 0 saturated heterocycles. The molecule has 3 aromatic carbocycles. The highest BCUT2D eigenvalue weighted by molar-refractivity contribution is 7.18. The Morgan fingerprint density at radius 1 is 1.02 bits per heavy atom. The standard InChI is InChI=1S/C29H28ClN5O6S/c1-18-5-4-6-20(15-18)27-32-33-29(42-27)31-26(36)12-14-34(13-11-19-7-10-24(40-2)25(16-19)41-3)28(37)21-8-9-22(30)23(17-21)35(38)39/h4-10,15-17H,11-14H2,1-3H3,(H,31,33,36). The molecule has 0 aliphatic rings. The maximum absolute atomic E-state index is 13.5. The maximum Gasteiger partial charge on any atom is 0.288 e. The first-order valence-corrected chi connectivity index (χ1v) is 14.0. The number of nitro benzene ring substituents is 1. The largest absolute Gasteiger partial charge is 0.493 e. The summed E-state index contributed by atoms with van der Waals surface area (Å²) in [5, 5.41) is 23.3. The van der Waals surface area contributed by atoms with E-state index < -0.39 is 10.8 Å². The van der Waals surface area contributed by atoms with Gasteiger partial charge in [-0.05, 0) is 49.2 Å². The topological polar surface area (TPSA) is 137 Å². The van der Waals surface area contributed by atoms with Gasteiger partial charge < -0.3 is 19.7 Å². The molecule has 0 radical (unpaired) electrons. The van der Waals surface area contributed by atoms with Crippen molar-refractivity contribution in [3.63, 3.8) is 0 Å². The first-order chi connectivity index (χ1) is 20.2. The van der Waals surface area contributed by atoms with Crippen LogP contribution in [0.1, 0.15) is 27.9 Å². The second-order valence-electron chi connectivity index (χ2n) is 9.23. The Kier molecular flexibility index (Phi) is 10.0. The molecule has 218 valence electrons. The number of nitro groups is 1. The van der Waals surface area contributed by atoms with Gasteiger partial charge in [0.15, 0.2) is 11.5 Å². The number of anilines is 1. The van der Waals surface area contributed by atoms with Crippen molar-refractivity contribution in [2.45, 2.75) is 19.8 Å². The molecule has 1 heterocycles. The van der Waals surface area contributed by atoms with Gasteiger partial charge in [0.2, 0.25) is 11.0 Å². The molecule has 0 aliphatic heterocycles. The van der Waals surface area contributed by atoms with Gasteiger partial charge in [0.05, 0.1) is 19.1 Å². The van der Waals surface area contributed by atoms with Crippen LogP contribution >= 0.6 is 22.9 Å². The van der Waals surface area contributed by atoms with E-state index in [1.54, 1.807) is 13.2 Å². The van der Waals surface area contributed by atoms with E-state index in [0.29, 0.717) is 28.1 Å². The van der Waals surface area contributed by atoms with E-state index in [2.05, 4.69) is 15.5 Å². The average molecular weight is 610 g/mol. The molecule has 42 heavy (non-hydrogen) atoms. The summed E-state index contributed by atoms with van der Waals surface area (Å²) in [4.78, 5) is 38.6. The van der Waals surface area contributed by atoms with E-state index in [1.165, 1.54) is 35.5 Å². The number of aryl methyl sites for hydroxylation is 1. The molecule has 4 aromatic rings. The van der Waals surface area contributed by atoms with Crippen molar-refractivity contribution in [3.05, 3.63) is 92.5 Å². The van der Waals surface area contributed by atoms with Gasteiger partial charge in [-0.15, -0.1) is 10.2 Å². The monoisotopic (exact) mass is 609 g/mol. The fourth-order valence-corrected chi connectivity index (χ4v) is 5.11. The number of carbonyl (C=O) groups excluding carboxylic acids is 2. The van der Waals surface area contributed by atoms with Crippen LogP contribution in [0.3, 0.4) is 0 Å². The minimum absolute atomic E-state index is 0.0350. The molecular formula is C29H28ClN5O6S. The third-order valence-electron chi connectivity index (χ3n) is 6.34. The number of carbonyl (C=O) groups is 2. The lowest BCUT2D eigenvalue weighted by molar-refractivity contribution is -0.384. The molecule has 1 N–H and O–H groups in total. The summed E-state index contributed by atoms with van der Waals surface area (Å²) in [6.07, 6.45) is 0.395. The van der Waals surface area contributed by atoms with Crippen molar-refractivity contribution in [2.24, 2.45) is 0 Å². The summed E-state index contributed by atoms with van der Waals surface area (Å²) >= 11 is 7.19. The van der Waals surface area contributed by atoms with Crippen LogP contribution in [0.4, 0.5) is 10.8 Å². The number of ether oxygens (including phenoxy) is 2. The normalized spacial score (nSPS) is 10.7. The van der Waals surface area contributed by atoms with Crippen molar-refractivity contribution in [2.75, 3.05) is 32.6 Å². The fourth-order valence-electron chi connectivity index (χ4n) is 4.17. The molecule has 13 heteroatoms. The number of aromatic nitrogens is 2. The molecule has 4 rings (SSSR count). The summed E-state index contributed by atoms with van der Waals surface area (Å²) in [5.74, 6) is 0.290. The highest BCUT2D eigenvalue weighted by Gasteiger charge is 2.22. The number of nitrogens with one attached hydrogen (secondary N) is 1. The van der Waals surface area contributed by atoms with E-state index >= 15 is 0 Å². The van der Waals surface area contributed by atoms with Crippen molar-refractivity contribution in [1.29, 1.82) is 0 Å². The lowest BCUT2D eigenvalue weighted by atomic mass is 10.1. The number of hydrogen-bond donors (Lipinski definition) is 1. The Balaban J connectivity index is 1.48. The van der Waals surface area contributed by atoms with E-state index in [-0.39, 0.29) is 41.7 Å². The molecule has 0 unspecified atom stereocenters. The summed E-state index contributed by atoms with van der Waals surface area (Å²) in [5.41, 5.74) is 2.56. The minimum Gasteiger partial charge on any atom is -0.493 e. The molecule has 0 fully saturated rings. The molecular weight excluding hydrogens is 582 g/mol. The molecule has 2 amide bonds. The molecule has 11 nitrogen and oxygen atoms in total. The van der Waals surface area contributed by atoms with Crippen LogP contribution < -0.4 is 14.8 Å². The number of methoxy groups -OCH3 is 2. The summed E-state index contributed by atoms with van der Waals surface area (Å²) in [6.45, 7) is 2.26. The van der Waals surface area contributed by atoms with Crippen molar-refractivity contribution < 1.29 is 24.0 Å². The second kappa shape index (κ2) is 13.9. The maximum atomic E-state index is 13.5. The van der Waals surface area contributed by atoms with E-state index in [4.69, 9.17) is 21.1 Å². The zero-order valence-electron chi connectivity index (χ0n) is 23.1. The Bertz CT molecular complexity index is 1610. The summed E-state index contributed by atoms with van der Waals surface area (Å²) < 4.78 is 10.7. The summed E-state index contributed by atoms with van der Waals surface area (Å²) in [7, 11) is 3.07. The van der Waals surface area contributed by atoms with Crippen molar-refractivity contribution in [3.8, 4) is 22.1 Å². The van der Waals surface area contributed by atoms with Gasteiger partial charge in [0.25, 0.3) is 11.6 Å². The average Bonchev–Trinajstić information content (AvgIpc) is 3.45. The van der Waals surface area contributed by atoms with Gasteiger partial charge in [-0.1, -0.05) is 52.8 Å². The number of nitrogens with zero attached hydrogens (tertiary/aromatic N) is 4. The highest BCUT2D eigenvalue weighted by Crippen LogP contribution is 2.29. The third kappa shape index (κ3) is 7.59. The second-order valence-corrected chi connectivity index (χ2v) is 10.6. The van der Waals surface area contributed by atoms with Gasteiger partial charge in [-0.3, -0.25) is 19.7 Å². The molecule has 0 spiro atoms. The lowest BCUT2D eigenvalue weighted by Gasteiger charge is -2.23.